The first-order valence-corrected chi connectivity index (χ1v) is 9.61. The summed E-state index contributed by atoms with van der Waals surface area (Å²) in [4.78, 5) is 11.5. The molecule has 140 valence electrons. The van der Waals surface area contributed by atoms with Gasteiger partial charge >= 0.3 is 0 Å². The van der Waals surface area contributed by atoms with E-state index in [1.165, 1.54) is 17.9 Å². The molecule has 1 heterocycles. The van der Waals surface area contributed by atoms with Crippen molar-refractivity contribution in [2.45, 2.75) is 11.8 Å². The van der Waals surface area contributed by atoms with Crippen LogP contribution in [0.15, 0.2) is 64.3 Å². The van der Waals surface area contributed by atoms with E-state index in [-0.39, 0.29) is 16.2 Å². The molecule has 3 aromatic rings. The van der Waals surface area contributed by atoms with E-state index in [0.29, 0.717) is 11.4 Å². The van der Waals surface area contributed by atoms with Gasteiger partial charge in [0.2, 0.25) is 0 Å². The number of nitrogens with one attached hydrogen (secondary N) is 1. The molecule has 2 aromatic carbocycles. The molecule has 0 saturated carbocycles. The zero-order chi connectivity index (χ0) is 19.6. The maximum Gasteiger partial charge on any atom is 0.266 e. The molecule has 27 heavy (non-hydrogen) atoms. The van der Waals surface area contributed by atoms with E-state index in [9.17, 15) is 13.2 Å². The lowest BCUT2D eigenvalue weighted by Crippen LogP contribution is -2.18. The molecule has 0 amide bonds. The van der Waals surface area contributed by atoms with Gasteiger partial charge in [0.25, 0.3) is 15.6 Å². The normalized spacial score (nSPS) is 11.2. The zero-order valence-corrected chi connectivity index (χ0v) is 15.9. The van der Waals surface area contributed by atoms with Crippen molar-refractivity contribution in [3.63, 3.8) is 0 Å². The second kappa shape index (κ2) is 7.24. The predicted molar refractivity (Wildman–Crippen MR) is 103 cm³/mol. The van der Waals surface area contributed by atoms with Gasteiger partial charge < -0.3 is 4.74 Å². The predicted octanol–water partition coefficient (Wildman–Crippen LogP) is 2.57. The van der Waals surface area contributed by atoms with E-state index >= 15 is 0 Å². The number of ether oxygens (including phenoxy) is 1. The Hall–Kier alpha value is -3.13. The SMILES string of the molecule is COc1ccc(C)cc1S(=O)(=O)Nc1ccc(-c2ccc(=O)n(C)n2)cc1. The van der Waals surface area contributed by atoms with E-state index in [0.717, 1.165) is 11.1 Å². The van der Waals surface area contributed by atoms with Crippen molar-refractivity contribution < 1.29 is 13.2 Å². The van der Waals surface area contributed by atoms with E-state index in [1.54, 1.807) is 55.6 Å². The van der Waals surface area contributed by atoms with Crippen molar-refractivity contribution in [3.8, 4) is 17.0 Å². The van der Waals surface area contributed by atoms with Crippen molar-refractivity contribution in [1.29, 1.82) is 0 Å². The average molecular weight is 385 g/mol. The van der Waals surface area contributed by atoms with E-state index in [4.69, 9.17) is 4.74 Å². The topological polar surface area (TPSA) is 90.3 Å². The molecule has 0 unspecified atom stereocenters. The summed E-state index contributed by atoms with van der Waals surface area (Å²) < 4.78 is 34.4. The highest BCUT2D eigenvalue weighted by Crippen LogP contribution is 2.27. The van der Waals surface area contributed by atoms with Crippen LogP contribution in [0.4, 0.5) is 5.69 Å². The van der Waals surface area contributed by atoms with Crippen molar-refractivity contribution in [3.05, 3.63) is 70.5 Å². The quantitative estimate of drug-likeness (QED) is 0.729. The van der Waals surface area contributed by atoms with Crippen molar-refractivity contribution in [2.75, 3.05) is 11.8 Å². The summed E-state index contributed by atoms with van der Waals surface area (Å²) >= 11 is 0. The average Bonchev–Trinajstić information content (AvgIpc) is 2.64. The molecule has 3 rings (SSSR count). The van der Waals surface area contributed by atoms with Crippen molar-refractivity contribution in [1.82, 2.24) is 9.78 Å². The molecule has 0 atom stereocenters. The molecule has 0 fully saturated rings. The van der Waals surface area contributed by atoms with Crippen molar-refractivity contribution >= 4 is 15.7 Å². The molecule has 8 heteroatoms. The summed E-state index contributed by atoms with van der Waals surface area (Å²) in [6, 6.07) is 14.8. The Morgan fingerprint density at radius 2 is 1.74 bits per heavy atom. The number of nitrogens with zero attached hydrogens (tertiary/aromatic N) is 2. The Balaban J connectivity index is 1.89. The van der Waals surface area contributed by atoms with Crippen LogP contribution in [0.5, 0.6) is 5.75 Å². The fourth-order valence-corrected chi connectivity index (χ4v) is 3.88. The summed E-state index contributed by atoms with van der Waals surface area (Å²) in [6.07, 6.45) is 0. The minimum atomic E-state index is -3.80. The molecule has 0 bridgehead atoms. The molecular weight excluding hydrogens is 366 g/mol. The third kappa shape index (κ3) is 4.01. The number of sulfonamides is 1. The molecule has 0 radical (unpaired) electrons. The van der Waals surface area contributed by atoms with Gasteiger partial charge in [-0.2, -0.15) is 5.10 Å². The highest BCUT2D eigenvalue weighted by Gasteiger charge is 2.20. The number of hydrogen-bond acceptors (Lipinski definition) is 5. The Morgan fingerprint density at radius 3 is 2.37 bits per heavy atom. The molecule has 1 aromatic heterocycles. The maximum atomic E-state index is 12.7. The molecule has 0 aliphatic carbocycles. The highest BCUT2D eigenvalue weighted by atomic mass is 32.2. The van der Waals surface area contributed by atoms with Gasteiger partial charge in [-0.25, -0.2) is 13.1 Å². The smallest absolute Gasteiger partial charge is 0.266 e. The van der Waals surface area contributed by atoms with Gasteiger partial charge in [0.1, 0.15) is 10.6 Å². The lowest BCUT2D eigenvalue weighted by molar-refractivity contribution is 0.402. The number of hydrogen-bond donors (Lipinski definition) is 1. The minimum Gasteiger partial charge on any atom is -0.495 e. The van der Waals surface area contributed by atoms with Gasteiger partial charge in [0, 0.05) is 24.4 Å². The minimum absolute atomic E-state index is 0.0776. The zero-order valence-electron chi connectivity index (χ0n) is 15.1. The van der Waals surface area contributed by atoms with E-state index in [2.05, 4.69) is 9.82 Å². The van der Waals surface area contributed by atoms with Gasteiger partial charge in [0.15, 0.2) is 0 Å². The van der Waals surface area contributed by atoms with Gasteiger partial charge in [-0.05, 0) is 42.8 Å². The van der Waals surface area contributed by atoms with Crippen molar-refractivity contribution in [2.24, 2.45) is 7.05 Å². The summed E-state index contributed by atoms with van der Waals surface area (Å²) in [6.45, 7) is 1.81. The van der Waals surface area contributed by atoms with Crippen LogP contribution in [0, 0.1) is 6.92 Å². The van der Waals surface area contributed by atoms with E-state index in [1.807, 2.05) is 6.92 Å². The molecule has 0 saturated heterocycles. The van der Waals surface area contributed by atoms with Gasteiger partial charge in [0.05, 0.1) is 12.8 Å². The summed E-state index contributed by atoms with van der Waals surface area (Å²) in [5.74, 6) is 0.277. The number of rotatable bonds is 5. The van der Waals surface area contributed by atoms with Gasteiger partial charge in [-0.1, -0.05) is 18.2 Å². The number of aromatic nitrogens is 2. The van der Waals surface area contributed by atoms with Crippen LogP contribution in [0.25, 0.3) is 11.3 Å². The Bertz CT molecular complexity index is 1140. The third-order valence-corrected chi connectivity index (χ3v) is 5.40. The van der Waals surface area contributed by atoms with Gasteiger partial charge in [-0.3, -0.25) is 9.52 Å². The standard InChI is InChI=1S/C19H19N3O4S/c1-13-4-10-17(26-3)18(12-13)27(24,25)21-15-7-5-14(6-8-15)16-9-11-19(23)22(2)20-16/h4-12,21H,1-3H3. The first-order chi connectivity index (χ1) is 12.8. The first kappa shape index (κ1) is 18.7. The van der Waals surface area contributed by atoms with E-state index < -0.39 is 10.0 Å². The molecule has 1 N–H and O–H groups in total. The first-order valence-electron chi connectivity index (χ1n) is 8.12. The number of anilines is 1. The van der Waals surface area contributed by atoms with Crippen LogP contribution in [-0.4, -0.2) is 25.3 Å². The lowest BCUT2D eigenvalue weighted by Gasteiger charge is -2.12. The van der Waals surface area contributed by atoms with Crippen LogP contribution in [0.2, 0.25) is 0 Å². The largest absolute Gasteiger partial charge is 0.495 e. The Labute approximate surface area is 157 Å². The third-order valence-electron chi connectivity index (χ3n) is 4.00. The second-order valence-electron chi connectivity index (χ2n) is 6.02. The molecule has 0 spiro atoms. The fourth-order valence-electron chi connectivity index (χ4n) is 2.57. The summed E-state index contributed by atoms with van der Waals surface area (Å²) in [5, 5.41) is 4.18. The van der Waals surface area contributed by atoms with Crippen LogP contribution in [-0.2, 0) is 17.1 Å². The van der Waals surface area contributed by atoms with Gasteiger partial charge in [-0.15, -0.1) is 0 Å². The lowest BCUT2D eigenvalue weighted by atomic mass is 10.1. The maximum absolute atomic E-state index is 12.7. The van der Waals surface area contributed by atoms with Crippen LogP contribution >= 0.6 is 0 Å². The highest BCUT2D eigenvalue weighted by molar-refractivity contribution is 7.92. The molecule has 0 aliphatic heterocycles. The second-order valence-corrected chi connectivity index (χ2v) is 7.67. The number of aryl methyl sites for hydroxylation is 2. The molecular formula is C19H19N3O4S. The number of methoxy groups -OCH3 is 1. The molecule has 7 nitrogen and oxygen atoms in total. The molecule has 0 aliphatic rings. The summed E-state index contributed by atoms with van der Waals surface area (Å²) in [7, 11) is -0.802. The monoisotopic (exact) mass is 385 g/mol. The van der Waals surface area contributed by atoms with Crippen LogP contribution in [0.3, 0.4) is 0 Å². The Morgan fingerprint density at radius 1 is 1.04 bits per heavy atom. The number of benzene rings is 2. The van der Waals surface area contributed by atoms with Crippen LogP contribution in [0.1, 0.15) is 5.56 Å². The fraction of sp³-hybridized carbons (Fsp3) is 0.158. The Kier molecular flexibility index (Phi) is 5.00. The van der Waals surface area contributed by atoms with Crippen LogP contribution < -0.4 is 15.0 Å². The summed E-state index contributed by atoms with van der Waals surface area (Å²) in [5.41, 5.74) is 2.41.